The van der Waals surface area contributed by atoms with E-state index in [-0.39, 0.29) is 44.3 Å². The molecule has 176 valence electrons. The Balaban J connectivity index is 2.20. The molecule has 0 aliphatic carbocycles. The van der Waals surface area contributed by atoms with Gasteiger partial charge in [0.25, 0.3) is 11.8 Å². The minimum Gasteiger partial charge on any atom is -0.385 e. The summed E-state index contributed by atoms with van der Waals surface area (Å²) in [6.07, 6.45) is 3.07. The summed E-state index contributed by atoms with van der Waals surface area (Å²) in [5.41, 5.74) is 0. The Kier molecular flexibility index (Phi) is 14.1. The Morgan fingerprint density at radius 3 is 1.90 bits per heavy atom. The van der Waals surface area contributed by atoms with Crippen LogP contribution in [0.3, 0.4) is 0 Å². The van der Waals surface area contributed by atoms with Gasteiger partial charge in [-0.15, -0.1) is 0 Å². The number of nitrogens with zero attached hydrogens (tertiary/aromatic N) is 1. The van der Waals surface area contributed by atoms with Gasteiger partial charge in [-0.05, 0) is 12.8 Å². The van der Waals surface area contributed by atoms with Crippen LogP contribution in [0.1, 0.15) is 25.7 Å². The fourth-order valence-electron chi connectivity index (χ4n) is 2.58. The zero-order valence-corrected chi connectivity index (χ0v) is 18.2. The number of hydrogen-bond donors (Lipinski definition) is 2. The number of carbonyl (C=O) groups excluding carboxylic acids is 4. The maximum absolute atomic E-state index is 12.1. The molecule has 0 aromatic rings. The van der Waals surface area contributed by atoms with Gasteiger partial charge in [0.1, 0.15) is 0 Å². The van der Waals surface area contributed by atoms with Gasteiger partial charge in [0.05, 0.1) is 19.6 Å². The van der Waals surface area contributed by atoms with Gasteiger partial charge in [0.2, 0.25) is 11.8 Å². The summed E-state index contributed by atoms with van der Waals surface area (Å²) in [7, 11) is 3.21. The Bertz CT molecular complexity index is 581. The third-order valence-corrected chi connectivity index (χ3v) is 4.18. The lowest BCUT2D eigenvalue weighted by Crippen LogP contribution is -2.38. The van der Waals surface area contributed by atoms with Gasteiger partial charge < -0.3 is 29.6 Å². The topological polar surface area (TPSA) is 132 Å². The molecule has 1 rings (SSSR count). The molecular formula is C20H33N3O8. The number of amides is 4. The molecule has 0 radical (unpaired) electrons. The van der Waals surface area contributed by atoms with Crippen LogP contribution in [0.4, 0.5) is 0 Å². The van der Waals surface area contributed by atoms with Crippen molar-refractivity contribution in [2.75, 3.05) is 60.3 Å². The molecule has 4 amide bonds. The summed E-state index contributed by atoms with van der Waals surface area (Å²) in [5, 5.41) is 5.32. The van der Waals surface area contributed by atoms with Gasteiger partial charge in [-0.2, -0.15) is 0 Å². The monoisotopic (exact) mass is 443 g/mol. The highest BCUT2D eigenvalue weighted by Crippen LogP contribution is 2.05. The first-order chi connectivity index (χ1) is 15.0. The third-order valence-electron chi connectivity index (χ3n) is 4.18. The molecule has 0 aromatic carbocycles. The zero-order chi connectivity index (χ0) is 22.9. The maximum atomic E-state index is 12.1. The van der Waals surface area contributed by atoms with Crippen molar-refractivity contribution in [3.8, 4) is 0 Å². The Labute approximate surface area is 182 Å². The summed E-state index contributed by atoms with van der Waals surface area (Å²) in [6, 6.07) is 0. The number of methoxy groups -OCH3 is 2. The van der Waals surface area contributed by atoms with Gasteiger partial charge >= 0.3 is 0 Å². The van der Waals surface area contributed by atoms with Crippen molar-refractivity contribution in [2.45, 2.75) is 32.0 Å². The fraction of sp³-hybridized carbons (Fsp3) is 0.700. The molecule has 11 heteroatoms. The molecule has 31 heavy (non-hydrogen) atoms. The van der Waals surface area contributed by atoms with Crippen molar-refractivity contribution in [3.05, 3.63) is 12.2 Å². The first-order valence-electron chi connectivity index (χ1n) is 10.3. The van der Waals surface area contributed by atoms with Crippen molar-refractivity contribution in [2.24, 2.45) is 0 Å². The zero-order valence-electron chi connectivity index (χ0n) is 18.2. The summed E-state index contributed by atoms with van der Waals surface area (Å²) >= 11 is 0. The number of rotatable bonds is 18. The van der Waals surface area contributed by atoms with Crippen molar-refractivity contribution >= 4 is 23.6 Å². The molecule has 0 atom stereocenters. The van der Waals surface area contributed by atoms with E-state index in [1.807, 2.05) is 0 Å². The SMILES string of the molecule is COCCCOC(CC(=O)NCCNC(=O)CCN1C(=O)C=CC1=O)OCCCOC. The van der Waals surface area contributed by atoms with Crippen LogP contribution < -0.4 is 10.6 Å². The first-order valence-corrected chi connectivity index (χ1v) is 10.3. The highest BCUT2D eigenvalue weighted by Gasteiger charge is 2.23. The minimum atomic E-state index is -0.674. The van der Waals surface area contributed by atoms with Gasteiger partial charge in [-0.1, -0.05) is 0 Å². The van der Waals surface area contributed by atoms with E-state index in [1.165, 1.54) is 12.2 Å². The molecule has 0 unspecified atom stereocenters. The molecule has 0 fully saturated rings. The number of hydrogen-bond acceptors (Lipinski definition) is 8. The van der Waals surface area contributed by atoms with E-state index in [4.69, 9.17) is 18.9 Å². The van der Waals surface area contributed by atoms with Crippen LogP contribution in [0.15, 0.2) is 12.2 Å². The number of carbonyl (C=O) groups is 4. The van der Waals surface area contributed by atoms with E-state index in [0.717, 1.165) is 4.90 Å². The van der Waals surface area contributed by atoms with E-state index in [0.29, 0.717) is 39.3 Å². The molecule has 0 aromatic heterocycles. The molecule has 1 heterocycles. The van der Waals surface area contributed by atoms with Crippen LogP contribution in [-0.4, -0.2) is 95.1 Å². The molecule has 11 nitrogen and oxygen atoms in total. The Morgan fingerprint density at radius 1 is 0.871 bits per heavy atom. The molecule has 0 saturated heterocycles. The fourth-order valence-corrected chi connectivity index (χ4v) is 2.58. The highest BCUT2D eigenvalue weighted by atomic mass is 16.7. The third kappa shape index (κ3) is 12.2. The van der Waals surface area contributed by atoms with Crippen LogP contribution in [0.2, 0.25) is 0 Å². The van der Waals surface area contributed by atoms with E-state index in [9.17, 15) is 19.2 Å². The predicted molar refractivity (Wildman–Crippen MR) is 110 cm³/mol. The maximum Gasteiger partial charge on any atom is 0.253 e. The quantitative estimate of drug-likeness (QED) is 0.162. The largest absolute Gasteiger partial charge is 0.385 e. The lowest BCUT2D eigenvalue weighted by Gasteiger charge is -2.18. The van der Waals surface area contributed by atoms with Crippen molar-refractivity contribution < 1.29 is 38.1 Å². The minimum absolute atomic E-state index is 0.000189. The molecule has 1 aliphatic heterocycles. The van der Waals surface area contributed by atoms with Crippen LogP contribution in [-0.2, 0) is 38.1 Å². The van der Waals surface area contributed by atoms with Crippen LogP contribution >= 0.6 is 0 Å². The summed E-state index contributed by atoms with van der Waals surface area (Å²) in [5.74, 6) is -1.43. The number of nitrogens with one attached hydrogen (secondary N) is 2. The van der Waals surface area contributed by atoms with Crippen molar-refractivity contribution in [1.29, 1.82) is 0 Å². The van der Waals surface area contributed by atoms with Gasteiger partial charge in [0, 0.05) is 65.6 Å². The summed E-state index contributed by atoms with van der Waals surface area (Å²) in [4.78, 5) is 47.8. The lowest BCUT2D eigenvalue weighted by molar-refractivity contribution is -0.159. The summed E-state index contributed by atoms with van der Waals surface area (Å²) < 4.78 is 21.1. The number of imide groups is 1. The van der Waals surface area contributed by atoms with Gasteiger partial charge in [-0.25, -0.2) is 0 Å². The number of ether oxygens (including phenoxy) is 4. The molecule has 2 N–H and O–H groups in total. The summed E-state index contributed by atoms with van der Waals surface area (Å²) in [6.45, 7) is 2.39. The molecule has 0 bridgehead atoms. The second kappa shape index (κ2) is 16.4. The average molecular weight is 443 g/mol. The lowest BCUT2D eigenvalue weighted by atomic mass is 10.3. The van der Waals surface area contributed by atoms with E-state index in [2.05, 4.69) is 10.6 Å². The Morgan fingerprint density at radius 2 is 1.39 bits per heavy atom. The standard InChI is InChI=1S/C20H33N3O8/c1-28-11-3-13-30-20(31-14-4-12-29-2)15-17(25)22-9-8-21-16(24)7-10-23-18(26)5-6-19(23)27/h5-6,20H,3-4,7-15H2,1-2H3,(H,21,24)(H,22,25). The second-order valence-corrected chi connectivity index (χ2v) is 6.68. The van der Waals surface area contributed by atoms with Crippen molar-refractivity contribution in [1.82, 2.24) is 15.5 Å². The highest BCUT2D eigenvalue weighted by molar-refractivity contribution is 6.13. The van der Waals surface area contributed by atoms with Crippen LogP contribution in [0.25, 0.3) is 0 Å². The van der Waals surface area contributed by atoms with E-state index < -0.39 is 18.1 Å². The molecule has 0 spiro atoms. The smallest absolute Gasteiger partial charge is 0.253 e. The average Bonchev–Trinajstić information content (AvgIpc) is 3.07. The first kappa shape index (κ1) is 26.7. The van der Waals surface area contributed by atoms with Gasteiger partial charge in [-0.3, -0.25) is 24.1 Å². The van der Waals surface area contributed by atoms with Gasteiger partial charge in [0.15, 0.2) is 6.29 Å². The van der Waals surface area contributed by atoms with Crippen LogP contribution in [0, 0.1) is 0 Å². The van der Waals surface area contributed by atoms with E-state index in [1.54, 1.807) is 14.2 Å². The normalized spacial score (nSPS) is 13.3. The molecule has 0 saturated carbocycles. The molecule has 1 aliphatic rings. The van der Waals surface area contributed by atoms with Crippen molar-refractivity contribution in [3.63, 3.8) is 0 Å². The molecular weight excluding hydrogens is 410 g/mol. The van der Waals surface area contributed by atoms with Crippen LogP contribution in [0.5, 0.6) is 0 Å². The Hall–Kier alpha value is -2.34. The van der Waals surface area contributed by atoms with E-state index >= 15 is 0 Å². The second-order valence-electron chi connectivity index (χ2n) is 6.68. The predicted octanol–water partition coefficient (Wildman–Crippen LogP) is -0.644.